The molecule has 0 saturated carbocycles. The Hall–Kier alpha value is -3.75. The molecule has 2 N–H and O–H groups in total. The molecule has 0 radical (unpaired) electrons. The lowest BCUT2D eigenvalue weighted by Crippen LogP contribution is -2.44. The molecule has 0 fully saturated rings. The average Bonchev–Trinajstić information content (AvgIpc) is 2.89. The standard InChI is InChI=1S/C28H27ClFNO6/c1-17(2)25(37-28(35)19-11-7-4-8-12-19)26(33)31-24(16-36-27(34)18-9-5-3-6-10-18)21-13-20(30)14-23(29)22(21)15-32/h3-14,17,24-25,32H,15-16H2,1-2H3,(H,31,33). The smallest absolute Gasteiger partial charge is 0.338 e. The second-order valence-corrected chi connectivity index (χ2v) is 8.98. The van der Waals surface area contributed by atoms with Crippen molar-refractivity contribution in [3.8, 4) is 0 Å². The van der Waals surface area contributed by atoms with Crippen molar-refractivity contribution in [3.63, 3.8) is 0 Å². The lowest BCUT2D eigenvalue weighted by Gasteiger charge is -2.26. The number of aliphatic hydroxyl groups is 1. The first-order valence-electron chi connectivity index (χ1n) is 11.6. The van der Waals surface area contributed by atoms with E-state index in [0.29, 0.717) is 0 Å². The van der Waals surface area contributed by atoms with Crippen LogP contribution < -0.4 is 5.32 Å². The lowest BCUT2D eigenvalue weighted by atomic mass is 9.99. The van der Waals surface area contributed by atoms with Crippen LogP contribution in [-0.4, -0.2) is 35.7 Å². The van der Waals surface area contributed by atoms with Gasteiger partial charge in [0.25, 0.3) is 5.91 Å². The second-order valence-electron chi connectivity index (χ2n) is 8.58. The molecule has 9 heteroatoms. The first-order valence-corrected chi connectivity index (χ1v) is 12.0. The molecule has 0 bridgehead atoms. The first kappa shape index (κ1) is 27.8. The van der Waals surface area contributed by atoms with Crippen LogP contribution in [0.2, 0.25) is 5.02 Å². The van der Waals surface area contributed by atoms with E-state index in [1.807, 2.05) is 0 Å². The van der Waals surface area contributed by atoms with E-state index in [-0.39, 0.29) is 27.3 Å². The molecule has 3 aromatic carbocycles. The second kappa shape index (κ2) is 13.0. The van der Waals surface area contributed by atoms with Crippen LogP contribution in [0.4, 0.5) is 4.39 Å². The van der Waals surface area contributed by atoms with Gasteiger partial charge in [0.05, 0.1) is 23.8 Å². The SMILES string of the molecule is CC(C)C(OC(=O)c1ccccc1)C(=O)NC(COC(=O)c1ccccc1)c1cc(F)cc(Cl)c1CO. The summed E-state index contributed by atoms with van der Waals surface area (Å²) in [5, 5.41) is 12.5. The number of carbonyl (C=O) groups is 3. The van der Waals surface area contributed by atoms with Crippen molar-refractivity contribution >= 4 is 29.4 Å². The van der Waals surface area contributed by atoms with Crippen molar-refractivity contribution < 1.29 is 33.4 Å². The summed E-state index contributed by atoms with van der Waals surface area (Å²) in [4.78, 5) is 38.5. The third-order valence-corrected chi connectivity index (χ3v) is 5.88. The summed E-state index contributed by atoms with van der Waals surface area (Å²) in [7, 11) is 0. The topological polar surface area (TPSA) is 102 Å². The lowest BCUT2D eigenvalue weighted by molar-refractivity contribution is -0.133. The highest BCUT2D eigenvalue weighted by molar-refractivity contribution is 6.31. The number of carbonyl (C=O) groups excluding carboxylic acids is 3. The number of benzene rings is 3. The summed E-state index contributed by atoms with van der Waals surface area (Å²) in [6, 6.07) is 17.4. The molecule has 3 aromatic rings. The zero-order valence-electron chi connectivity index (χ0n) is 20.3. The van der Waals surface area contributed by atoms with Crippen LogP contribution in [0.15, 0.2) is 72.8 Å². The van der Waals surface area contributed by atoms with Gasteiger partial charge in [-0.05, 0) is 47.9 Å². The van der Waals surface area contributed by atoms with Gasteiger partial charge in [-0.2, -0.15) is 0 Å². The van der Waals surface area contributed by atoms with E-state index < -0.39 is 54.9 Å². The molecule has 0 heterocycles. The van der Waals surface area contributed by atoms with E-state index in [0.717, 1.165) is 12.1 Å². The van der Waals surface area contributed by atoms with E-state index in [1.165, 1.54) is 0 Å². The predicted octanol–water partition coefficient (Wildman–Crippen LogP) is 4.87. The number of aliphatic hydroxyl groups excluding tert-OH is 1. The maximum atomic E-state index is 14.3. The fourth-order valence-corrected chi connectivity index (χ4v) is 3.90. The molecule has 1 amide bonds. The summed E-state index contributed by atoms with van der Waals surface area (Å²) in [6.07, 6.45) is -1.21. The molecule has 2 atom stereocenters. The minimum absolute atomic E-state index is 0.0537. The minimum atomic E-state index is -1.21. The Labute approximate surface area is 219 Å². The monoisotopic (exact) mass is 527 g/mol. The summed E-state index contributed by atoms with van der Waals surface area (Å²) in [5.41, 5.74) is 0.836. The van der Waals surface area contributed by atoms with E-state index in [1.54, 1.807) is 74.5 Å². The van der Waals surface area contributed by atoms with Gasteiger partial charge in [-0.3, -0.25) is 4.79 Å². The van der Waals surface area contributed by atoms with Crippen molar-refractivity contribution in [2.45, 2.75) is 32.6 Å². The van der Waals surface area contributed by atoms with Crippen molar-refractivity contribution in [1.29, 1.82) is 0 Å². The third-order valence-electron chi connectivity index (χ3n) is 5.54. The van der Waals surface area contributed by atoms with Gasteiger partial charge < -0.3 is 19.9 Å². The molecule has 0 aliphatic heterocycles. The maximum Gasteiger partial charge on any atom is 0.338 e. The van der Waals surface area contributed by atoms with Gasteiger partial charge in [0.1, 0.15) is 12.4 Å². The molecule has 3 rings (SSSR count). The minimum Gasteiger partial charge on any atom is -0.460 e. The summed E-state index contributed by atoms with van der Waals surface area (Å²) < 4.78 is 25.2. The Morgan fingerprint density at radius 1 is 0.946 bits per heavy atom. The number of amides is 1. The first-order chi connectivity index (χ1) is 17.7. The summed E-state index contributed by atoms with van der Waals surface area (Å²) in [6.45, 7) is 2.45. The van der Waals surface area contributed by atoms with Gasteiger partial charge in [0.2, 0.25) is 0 Å². The van der Waals surface area contributed by atoms with Crippen LogP contribution in [-0.2, 0) is 20.9 Å². The van der Waals surface area contributed by atoms with Crippen molar-refractivity contribution in [1.82, 2.24) is 5.32 Å². The number of hydrogen-bond acceptors (Lipinski definition) is 6. The Bertz CT molecular complexity index is 1240. The number of esters is 2. The molecular formula is C28H27ClFNO6. The normalized spacial score (nSPS) is 12.5. The highest BCUT2D eigenvalue weighted by atomic mass is 35.5. The Balaban J connectivity index is 1.87. The Morgan fingerprint density at radius 3 is 2.05 bits per heavy atom. The highest BCUT2D eigenvalue weighted by Gasteiger charge is 2.31. The van der Waals surface area contributed by atoms with Gasteiger partial charge in [-0.1, -0.05) is 61.8 Å². The fourth-order valence-electron chi connectivity index (χ4n) is 3.63. The molecule has 0 spiro atoms. The van der Waals surface area contributed by atoms with Gasteiger partial charge in [-0.25, -0.2) is 14.0 Å². The molecule has 0 aliphatic rings. The molecule has 0 aromatic heterocycles. The summed E-state index contributed by atoms with van der Waals surface area (Å²) >= 11 is 6.13. The van der Waals surface area contributed by atoms with Gasteiger partial charge >= 0.3 is 11.9 Å². The van der Waals surface area contributed by atoms with Gasteiger partial charge in [0, 0.05) is 10.6 Å². The molecule has 194 valence electrons. The molecule has 37 heavy (non-hydrogen) atoms. The van der Waals surface area contributed by atoms with Crippen molar-refractivity contribution in [3.05, 3.63) is 106 Å². The van der Waals surface area contributed by atoms with Crippen LogP contribution >= 0.6 is 11.6 Å². The van der Waals surface area contributed by atoms with Gasteiger partial charge in [-0.15, -0.1) is 0 Å². The number of rotatable bonds is 10. The van der Waals surface area contributed by atoms with Crippen molar-refractivity contribution in [2.75, 3.05) is 6.61 Å². The maximum absolute atomic E-state index is 14.3. The summed E-state index contributed by atoms with van der Waals surface area (Å²) in [5.74, 6) is -3.17. The quantitative estimate of drug-likeness (QED) is 0.365. The van der Waals surface area contributed by atoms with E-state index in [2.05, 4.69) is 5.32 Å². The zero-order valence-corrected chi connectivity index (χ0v) is 21.1. The number of nitrogens with one attached hydrogen (secondary N) is 1. The zero-order chi connectivity index (χ0) is 26.9. The van der Waals surface area contributed by atoms with Crippen LogP contribution in [0.25, 0.3) is 0 Å². The van der Waals surface area contributed by atoms with Gasteiger partial charge in [0.15, 0.2) is 6.10 Å². The molecule has 7 nitrogen and oxygen atoms in total. The average molecular weight is 528 g/mol. The highest BCUT2D eigenvalue weighted by Crippen LogP contribution is 2.28. The predicted molar refractivity (Wildman–Crippen MR) is 135 cm³/mol. The Kier molecular flexibility index (Phi) is 9.77. The van der Waals surface area contributed by atoms with Crippen LogP contribution in [0, 0.1) is 11.7 Å². The van der Waals surface area contributed by atoms with Crippen molar-refractivity contribution in [2.24, 2.45) is 5.92 Å². The van der Waals surface area contributed by atoms with E-state index in [9.17, 15) is 23.9 Å². The van der Waals surface area contributed by atoms with Crippen LogP contribution in [0.1, 0.15) is 51.7 Å². The number of ether oxygens (including phenoxy) is 2. The largest absolute Gasteiger partial charge is 0.460 e. The van der Waals surface area contributed by atoms with Crippen LogP contribution in [0.3, 0.4) is 0 Å². The molecule has 0 saturated heterocycles. The van der Waals surface area contributed by atoms with E-state index >= 15 is 0 Å². The number of halogens is 2. The molecule has 2 unspecified atom stereocenters. The molecule has 0 aliphatic carbocycles. The fraction of sp³-hybridized carbons (Fsp3) is 0.250. The number of hydrogen-bond donors (Lipinski definition) is 2. The Morgan fingerprint density at radius 2 is 1.51 bits per heavy atom. The van der Waals surface area contributed by atoms with Crippen LogP contribution in [0.5, 0.6) is 0 Å². The molecular weight excluding hydrogens is 501 g/mol. The third kappa shape index (κ3) is 7.38. The van der Waals surface area contributed by atoms with E-state index in [4.69, 9.17) is 21.1 Å².